The summed E-state index contributed by atoms with van der Waals surface area (Å²) in [7, 11) is 0. The molecule has 0 aliphatic heterocycles. The Morgan fingerprint density at radius 3 is 2.83 bits per heavy atom. The molecule has 0 aliphatic carbocycles. The number of carbonyl (C=O) groups is 1. The average Bonchev–Trinajstić information content (AvgIpc) is 2.03. The number of carbonyl (C=O) groups excluding carboxylic acids is 1. The monoisotopic (exact) mass is 184 g/mol. The van der Waals surface area contributed by atoms with Crippen LogP contribution in [0.4, 0.5) is 0 Å². The fourth-order valence-electron chi connectivity index (χ4n) is 0.653. The SMILES string of the molecule is Cl.NC(=O)/C=C/c1cccnc1. The van der Waals surface area contributed by atoms with Crippen LogP contribution in [-0.2, 0) is 4.79 Å². The van der Waals surface area contributed by atoms with Crippen LogP contribution in [0.15, 0.2) is 30.6 Å². The molecule has 0 atom stereocenters. The predicted octanol–water partition coefficient (Wildman–Crippen LogP) is 1.00. The maximum absolute atomic E-state index is 10.3. The largest absolute Gasteiger partial charge is 0.366 e. The number of hydrogen-bond donors (Lipinski definition) is 1. The molecule has 64 valence electrons. The van der Waals surface area contributed by atoms with Gasteiger partial charge >= 0.3 is 0 Å². The summed E-state index contributed by atoms with van der Waals surface area (Å²) in [4.78, 5) is 14.1. The molecule has 0 spiro atoms. The third kappa shape index (κ3) is 3.73. The summed E-state index contributed by atoms with van der Waals surface area (Å²) in [5, 5.41) is 0. The summed E-state index contributed by atoms with van der Waals surface area (Å²) in [5.74, 6) is -0.450. The van der Waals surface area contributed by atoms with Gasteiger partial charge in [0.15, 0.2) is 0 Å². The number of aromatic nitrogens is 1. The molecule has 0 radical (unpaired) electrons. The van der Waals surface area contributed by atoms with Crippen molar-refractivity contribution in [1.82, 2.24) is 4.98 Å². The minimum atomic E-state index is -0.450. The van der Waals surface area contributed by atoms with E-state index < -0.39 is 5.91 Å². The van der Waals surface area contributed by atoms with E-state index in [1.807, 2.05) is 6.07 Å². The lowest BCUT2D eigenvalue weighted by Gasteiger charge is -1.87. The Morgan fingerprint density at radius 2 is 2.33 bits per heavy atom. The molecular formula is C8H9ClN2O. The minimum Gasteiger partial charge on any atom is -0.366 e. The zero-order valence-corrected chi connectivity index (χ0v) is 7.12. The van der Waals surface area contributed by atoms with Crippen LogP contribution in [0.1, 0.15) is 5.56 Å². The second-order valence-electron chi connectivity index (χ2n) is 2.02. The summed E-state index contributed by atoms with van der Waals surface area (Å²) < 4.78 is 0. The number of hydrogen-bond acceptors (Lipinski definition) is 2. The molecular weight excluding hydrogens is 176 g/mol. The Morgan fingerprint density at radius 1 is 1.58 bits per heavy atom. The smallest absolute Gasteiger partial charge is 0.241 e. The van der Waals surface area contributed by atoms with Gasteiger partial charge in [-0.15, -0.1) is 12.4 Å². The number of pyridine rings is 1. The first-order valence-electron chi connectivity index (χ1n) is 3.16. The number of primary amides is 1. The third-order valence-electron chi connectivity index (χ3n) is 1.12. The summed E-state index contributed by atoms with van der Waals surface area (Å²) in [5.41, 5.74) is 5.76. The molecule has 0 bridgehead atoms. The van der Waals surface area contributed by atoms with E-state index in [1.54, 1.807) is 24.5 Å². The molecule has 0 saturated carbocycles. The summed E-state index contributed by atoms with van der Waals surface area (Å²) >= 11 is 0. The third-order valence-corrected chi connectivity index (χ3v) is 1.12. The van der Waals surface area contributed by atoms with Gasteiger partial charge in [0.1, 0.15) is 0 Å². The molecule has 1 aromatic rings. The second-order valence-corrected chi connectivity index (χ2v) is 2.02. The fourth-order valence-corrected chi connectivity index (χ4v) is 0.653. The zero-order valence-electron chi connectivity index (χ0n) is 6.31. The van der Waals surface area contributed by atoms with Crippen molar-refractivity contribution >= 4 is 24.4 Å². The van der Waals surface area contributed by atoms with Crippen LogP contribution in [0.25, 0.3) is 6.08 Å². The highest BCUT2D eigenvalue weighted by molar-refractivity contribution is 5.90. The lowest BCUT2D eigenvalue weighted by atomic mass is 10.2. The highest BCUT2D eigenvalue weighted by Gasteiger charge is 1.84. The molecule has 3 nitrogen and oxygen atoms in total. The van der Waals surface area contributed by atoms with Crippen molar-refractivity contribution in [2.45, 2.75) is 0 Å². The molecule has 0 aromatic carbocycles. The van der Waals surface area contributed by atoms with Gasteiger partial charge in [-0.2, -0.15) is 0 Å². The quantitative estimate of drug-likeness (QED) is 0.698. The molecule has 0 fully saturated rings. The molecule has 1 aromatic heterocycles. The van der Waals surface area contributed by atoms with Gasteiger partial charge in [0.25, 0.3) is 0 Å². The van der Waals surface area contributed by atoms with E-state index in [0.717, 1.165) is 5.56 Å². The summed E-state index contributed by atoms with van der Waals surface area (Å²) in [6.07, 6.45) is 6.24. The molecule has 4 heteroatoms. The van der Waals surface area contributed by atoms with Gasteiger partial charge in [0.2, 0.25) is 5.91 Å². The highest BCUT2D eigenvalue weighted by atomic mass is 35.5. The normalized spacial score (nSPS) is 9.33. The van der Waals surface area contributed by atoms with Crippen molar-refractivity contribution in [3.63, 3.8) is 0 Å². The van der Waals surface area contributed by atoms with E-state index in [-0.39, 0.29) is 12.4 Å². The topological polar surface area (TPSA) is 56.0 Å². The van der Waals surface area contributed by atoms with Crippen LogP contribution < -0.4 is 5.73 Å². The average molecular weight is 185 g/mol. The van der Waals surface area contributed by atoms with Crippen molar-refractivity contribution in [3.05, 3.63) is 36.2 Å². The van der Waals surface area contributed by atoms with Crippen molar-refractivity contribution < 1.29 is 4.79 Å². The zero-order chi connectivity index (χ0) is 8.10. The number of nitrogens with two attached hydrogens (primary N) is 1. The van der Waals surface area contributed by atoms with Gasteiger partial charge < -0.3 is 5.73 Å². The van der Waals surface area contributed by atoms with Gasteiger partial charge in [0, 0.05) is 18.5 Å². The number of nitrogens with zero attached hydrogens (tertiary/aromatic N) is 1. The molecule has 1 heterocycles. The van der Waals surface area contributed by atoms with Crippen molar-refractivity contribution in [3.8, 4) is 0 Å². The standard InChI is InChI=1S/C8H8N2O.ClH/c9-8(11)4-3-7-2-1-5-10-6-7;/h1-6H,(H2,9,11);1H/b4-3+;. The van der Waals surface area contributed by atoms with Gasteiger partial charge in [-0.3, -0.25) is 9.78 Å². The lowest BCUT2D eigenvalue weighted by molar-refractivity contribution is -0.113. The van der Waals surface area contributed by atoms with Crippen LogP contribution in [-0.4, -0.2) is 10.9 Å². The van der Waals surface area contributed by atoms with Crippen molar-refractivity contribution in [2.75, 3.05) is 0 Å². The van der Waals surface area contributed by atoms with E-state index in [4.69, 9.17) is 5.73 Å². The first-order valence-corrected chi connectivity index (χ1v) is 3.16. The van der Waals surface area contributed by atoms with Crippen LogP contribution in [0.3, 0.4) is 0 Å². The van der Waals surface area contributed by atoms with Gasteiger partial charge in [-0.25, -0.2) is 0 Å². The number of amides is 1. The Balaban J connectivity index is 0.00000121. The molecule has 1 rings (SSSR count). The maximum Gasteiger partial charge on any atom is 0.241 e. The Bertz CT molecular complexity index is 272. The van der Waals surface area contributed by atoms with Crippen LogP contribution in [0.5, 0.6) is 0 Å². The van der Waals surface area contributed by atoms with Gasteiger partial charge in [-0.1, -0.05) is 6.07 Å². The van der Waals surface area contributed by atoms with Gasteiger partial charge in [0.05, 0.1) is 0 Å². The molecule has 1 amide bonds. The molecule has 0 saturated heterocycles. The second kappa shape index (κ2) is 5.32. The van der Waals surface area contributed by atoms with Crippen LogP contribution in [0, 0.1) is 0 Å². The first kappa shape index (κ1) is 10.7. The lowest BCUT2D eigenvalue weighted by Crippen LogP contribution is -2.05. The summed E-state index contributed by atoms with van der Waals surface area (Å²) in [6.45, 7) is 0. The number of rotatable bonds is 2. The molecule has 2 N–H and O–H groups in total. The van der Waals surface area contributed by atoms with Gasteiger partial charge in [-0.05, 0) is 17.7 Å². The number of halogens is 1. The van der Waals surface area contributed by atoms with E-state index in [1.165, 1.54) is 6.08 Å². The van der Waals surface area contributed by atoms with E-state index in [9.17, 15) is 4.79 Å². The van der Waals surface area contributed by atoms with E-state index in [0.29, 0.717) is 0 Å². The molecule has 0 aliphatic rings. The predicted molar refractivity (Wildman–Crippen MR) is 49.7 cm³/mol. The molecule has 0 unspecified atom stereocenters. The van der Waals surface area contributed by atoms with Crippen molar-refractivity contribution in [1.29, 1.82) is 0 Å². The highest BCUT2D eigenvalue weighted by Crippen LogP contribution is 1.97. The minimum absolute atomic E-state index is 0. The van der Waals surface area contributed by atoms with E-state index >= 15 is 0 Å². The maximum atomic E-state index is 10.3. The van der Waals surface area contributed by atoms with Crippen LogP contribution >= 0.6 is 12.4 Å². The van der Waals surface area contributed by atoms with E-state index in [2.05, 4.69) is 4.98 Å². The first-order chi connectivity index (χ1) is 5.29. The fraction of sp³-hybridized carbons (Fsp3) is 0. The Labute approximate surface area is 76.7 Å². The summed E-state index contributed by atoms with van der Waals surface area (Å²) in [6, 6.07) is 3.63. The van der Waals surface area contributed by atoms with Crippen molar-refractivity contribution in [2.24, 2.45) is 5.73 Å². The van der Waals surface area contributed by atoms with Crippen LogP contribution in [0.2, 0.25) is 0 Å². The Hall–Kier alpha value is -1.35. The molecule has 12 heavy (non-hydrogen) atoms. The Kier molecular flexibility index (Phi) is 4.72.